The quantitative estimate of drug-likeness (QED) is 0.476. The second-order valence-corrected chi connectivity index (χ2v) is 4.33. The van der Waals surface area contributed by atoms with Crippen LogP contribution in [-0.4, -0.2) is 18.1 Å². The number of ether oxygens (including phenoxy) is 1. The lowest BCUT2D eigenvalue weighted by atomic mass is 10.1. The summed E-state index contributed by atoms with van der Waals surface area (Å²) in [5.41, 5.74) is 1.24. The molecule has 0 aromatic carbocycles. The molecule has 0 atom stereocenters. The van der Waals surface area contributed by atoms with Gasteiger partial charge in [-0.1, -0.05) is 0 Å². The molecule has 1 nitrogen and oxygen atoms in total. The predicted molar refractivity (Wildman–Crippen MR) is 50.8 cm³/mol. The molecule has 0 N–H and O–H groups in total. The zero-order valence-electron chi connectivity index (χ0n) is 7.30. The molecule has 0 unspecified atom stereocenters. The van der Waals surface area contributed by atoms with E-state index in [-0.39, 0.29) is 0 Å². The van der Waals surface area contributed by atoms with Crippen molar-refractivity contribution in [2.75, 3.05) is 18.1 Å². The van der Waals surface area contributed by atoms with Gasteiger partial charge in [0.2, 0.25) is 0 Å². The van der Waals surface area contributed by atoms with Crippen LogP contribution in [0.2, 0.25) is 0 Å². The highest BCUT2D eigenvalue weighted by Gasteiger charge is 2.16. The Balaban J connectivity index is 1.91. The molecule has 0 aromatic heterocycles. The van der Waals surface area contributed by atoms with Crippen molar-refractivity contribution in [3.05, 3.63) is 11.8 Å². The Bertz CT molecular complexity index is 134. The molecular weight excluding hydrogens is 156 g/mol. The van der Waals surface area contributed by atoms with E-state index in [0.717, 1.165) is 12.5 Å². The number of rotatable bonds is 4. The molecule has 1 fully saturated rings. The number of hydrogen-bond donors (Lipinski definition) is 0. The van der Waals surface area contributed by atoms with Crippen LogP contribution in [0.4, 0.5) is 0 Å². The number of thioether (sulfide) groups is 1. The van der Waals surface area contributed by atoms with Crippen LogP contribution in [0.25, 0.3) is 0 Å². The van der Waals surface area contributed by atoms with Crippen molar-refractivity contribution < 1.29 is 4.74 Å². The van der Waals surface area contributed by atoms with Crippen LogP contribution in [0.15, 0.2) is 11.8 Å². The SMILES string of the molecule is CC(C)=COCCC1CSC1. The lowest BCUT2D eigenvalue weighted by Crippen LogP contribution is -2.19. The van der Waals surface area contributed by atoms with Gasteiger partial charge >= 0.3 is 0 Å². The molecule has 0 amide bonds. The zero-order chi connectivity index (χ0) is 8.10. The predicted octanol–water partition coefficient (Wildman–Crippen LogP) is 2.68. The van der Waals surface area contributed by atoms with Crippen molar-refractivity contribution in [2.45, 2.75) is 20.3 Å². The van der Waals surface area contributed by atoms with E-state index in [9.17, 15) is 0 Å². The summed E-state index contributed by atoms with van der Waals surface area (Å²) in [6.07, 6.45) is 3.09. The van der Waals surface area contributed by atoms with E-state index >= 15 is 0 Å². The molecule has 0 bridgehead atoms. The maximum Gasteiger partial charge on any atom is 0.0876 e. The largest absolute Gasteiger partial charge is 0.501 e. The van der Waals surface area contributed by atoms with Crippen molar-refractivity contribution in [2.24, 2.45) is 5.92 Å². The van der Waals surface area contributed by atoms with Gasteiger partial charge in [-0.2, -0.15) is 11.8 Å². The van der Waals surface area contributed by atoms with Gasteiger partial charge in [0.1, 0.15) is 0 Å². The molecule has 0 radical (unpaired) electrons. The molecule has 0 aromatic rings. The lowest BCUT2D eigenvalue weighted by Gasteiger charge is -2.24. The smallest absolute Gasteiger partial charge is 0.0876 e. The highest BCUT2D eigenvalue weighted by Crippen LogP contribution is 2.27. The standard InChI is InChI=1S/C9H16OS/c1-8(2)5-10-4-3-9-6-11-7-9/h5,9H,3-4,6-7H2,1-2H3. The molecule has 0 aliphatic carbocycles. The first-order valence-electron chi connectivity index (χ1n) is 4.12. The monoisotopic (exact) mass is 172 g/mol. The fraction of sp³-hybridized carbons (Fsp3) is 0.778. The maximum absolute atomic E-state index is 5.33. The van der Waals surface area contributed by atoms with E-state index in [0.29, 0.717) is 0 Å². The molecule has 1 heterocycles. The summed E-state index contributed by atoms with van der Waals surface area (Å²) < 4.78 is 5.33. The van der Waals surface area contributed by atoms with Crippen LogP contribution in [-0.2, 0) is 4.74 Å². The van der Waals surface area contributed by atoms with Gasteiger partial charge in [0.15, 0.2) is 0 Å². The second kappa shape index (κ2) is 4.70. The van der Waals surface area contributed by atoms with Gasteiger partial charge < -0.3 is 4.74 Å². The molecule has 11 heavy (non-hydrogen) atoms. The topological polar surface area (TPSA) is 9.23 Å². The normalized spacial score (nSPS) is 17.3. The minimum absolute atomic E-state index is 0.899. The van der Waals surface area contributed by atoms with E-state index in [4.69, 9.17) is 4.74 Å². The Morgan fingerprint density at radius 2 is 2.27 bits per heavy atom. The number of hydrogen-bond acceptors (Lipinski definition) is 2. The van der Waals surface area contributed by atoms with E-state index in [1.165, 1.54) is 23.5 Å². The van der Waals surface area contributed by atoms with Crippen LogP contribution in [0.1, 0.15) is 20.3 Å². The van der Waals surface area contributed by atoms with Crippen LogP contribution < -0.4 is 0 Å². The molecule has 1 rings (SSSR count). The molecule has 0 saturated carbocycles. The van der Waals surface area contributed by atoms with Gasteiger partial charge in [-0.05, 0) is 43.3 Å². The van der Waals surface area contributed by atoms with Gasteiger partial charge in [-0.15, -0.1) is 0 Å². The minimum Gasteiger partial charge on any atom is -0.501 e. The van der Waals surface area contributed by atoms with Crippen LogP contribution in [0.5, 0.6) is 0 Å². The number of allylic oxidation sites excluding steroid dienone is 1. The van der Waals surface area contributed by atoms with Gasteiger partial charge in [-0.25, -0.2) is 0 Å². The van der Waals surface area contributed by atoms with E-state index < -0.39 is 0 Å². The second-order valence-electron chi connectivity index (χ2n) is 3.26. The van der Waals surface area contributed by atoms with E-state index in [2.05, 4.69) is 13.8 Å². The Morgan fingerprint density at radius 1 is 1.55 bits per heavy atom. The van der Waals surface area contributed by atoms with Gasteiger partial charge in [0.05, 0.1) is 12.9 Å². The zero-order valence-corrected chi connectivity index (χ0v) is 8.12. The summed E-state index contributed by atoms with van der Waals surface area (Å²) >= 11 is 2.04. The van der Waals surface area contributed by atoms with E-state index in [1.54, 1.807) is 0 Å². The first-order chi connectivity index (χ1) is 5.29. The summed E-state index contributed by atoms with van der Waals surface area (Å²) in [6.45, 7) is 5.01. The average molecular weight is 172 g/mol. The van der Waals surface area contributed by atoms with Crippen molar-refractivity contribution in [1.29, 1.82) is 0 Å². The molecule has 1 saturated heterocycles. The minimum atomic E-state index is 0.899. The van der Waals surface area contributed by atoms with Crippen molar-refractivity contribution in [1.82, 2.24) is 0 Å². The molecular formula is C9H16OS. The maximum atomic E-state index is 5.33. The van der Waals surface area contributed by atoms with Crippen LogP contribution in [0, 0.1) is 5.92 Å². The van der Waals surface area contributed by atoms with E-state index in [1.807, 2.05) is 18.0 Å². The molecule has 0 spiro atoms. The van der Waals surface area contributed by atoms with Gasteiger partial charge in [-0.3, -0.25) is 0 Å². The fourth-order valence-corrected chi connectivity index (χ4v) is 1.81. The average Bonchev–Trinajstić information content (AvgIpc) is 1.82. The molecule has 1 aliphatic heterocycles. The van der Waals surface area contributed by atoms with Gasteiger partial charge in [0.25, 0.3) is 0 Å². The first-order valence-corrected chi connectivity index (χ1v) is 5.27. The van der Waals surface area contributed by atoms with Crippen molar-refractivity contribution in [3.8, 4) is 0 Å². The summed E-state index contributed by atoms with van der Waals surface area (Å²) in [5.74, 6) is 3.63. The third-order valence-corrected chi connectivity index (χ3v) is 3.08. The third kappa shape index (κ3) is 3.71. The Morgan fingerprint density at radius 3 is 2.73 bits per heavy atom. The first kappa shape index (κ1) is 8.98. The van der Waals surface area contributed by atoms with Crippen LogP contribution in [0.3, 0.4) is 0 Å². The van der Waals surface area contributed by atoms with Crippen molar-refractivity contribution >= 4 is 11.8 Å². The Kier molecular flexibility index (Phi) is 3.84. The third-order valence-electron chi connectivity index (χ3n) is 1.67. The molecule has 1 aliphatic rings. The Labute approximate surface area is 73.2 Å². The summed E-state index contributed by atoms with van der Waals surface area (Å²) in [5, 5.41) is 0. The van der Waals surface area contributed by atoms with Gasteiger partial charge in [0, 0.05) is 0 Å². The van der Waals surface area contributed by atoms with Crippen molar-refractivity contribution in [3.63, 3.8) is 0 Å². The molecule has 2 heteroatoms. The Hall–Kier alpha value is -0.110. The summed E-state index contributed by atoms with van der Waals surface area (Å²) in [4.78, 5) is 0. The van der Waals surface area contributed by atoms with Crippen LogP contribution >= 0.6 is 11.8 Å². The summed E-state index contributed by atoms with van der Waals surface area (Å²) in [7, 11) is 0. The molecule has 64 valence electrons. The highest BCUT2D eigenvalue weighted by molar-refractivity contribution is 8.00. The fourth-order valence-electron chi connectivity index (χ4n) is 0.911. The summed E-state index contributed by atoms with van der Waals surface area (Å²) in [6, 6.07) is 0. The highest BCUT2D eigenvalue weighted by atomic mass is 32.2. The lowest BCUT2D eigenvalue weighted by molar-refractivity contribution is 0.226.